The number of nitrogens with two attached hydrogens (primary N) is 1. The Hall–Kier alpha value is -3.63. The van der Waals surface area contributed by atoms with E-state index in [2.05, 4.69) is 15.4 Å². The average Bonchev–Trinajstić information content (AvgIpc) is 2.73. The third kappa shape index (κ3) is 9.17. The molecule has 182 valence electrons. The molecule has 33 heavy (non-hydrogen) atoms. The van der Waals surface area contributed by atoms with E-state index in [0.717, 1.165) is 0 Å². The number of amides is 4. The van der Waals surface area contributed by atoms with Crippen LogP contribution in [0.25, 0.3) is 0 Å². The van der Waals surface area contributed by atoms with E-state index in [0.29, 0.717) is 5.56 Å². The highest BCUT2D eigenvalue weighted by molar-refractivity contribution is 5.95. The molecule has 0 bridgehead atoms. The lowest BCUT2D eigenvalue weighted by Crippen LogP contribution is -2.54. The number of likely N-dealkylation sites (N-methyl/N-ethyl adjacent to an activating group) is 1. The van der Waals surface area contributed by atoms with E-state index in [4.69, 9.17) is 10.5 Å². The van der Waals surface area contributed by atoms with Crippen molar-refractivity contribution in [2.24, 2.45) is 5.73 Å². The Bertz CT molecular complexity index is 852. The maximum atomic E-state index is 13.4. The summed E-state index contributed by atoms with van der Waals surface area (Å²) >= 11 is 0. The summed E-state index contributed by atoms with van der Waals surface area (Å²) in [6.45, 7) is 6.23. The number of nitrogens with one attached hydrogen (secondary N) is 2. The van der Waals surface area contributed by atoms with E-state index in [1.54, 1.807) is 58.0 Å². The van der Waals surface area contributed by atoms with E-state index in [9.17, 15) is 24.0 Å². The third-order valence-electron chi connectivity index (χ3n) is 4.33. The van der Waals surface area contributed by atoms with E-state index in [1.807, 2.05) is 0 Å². The van der Waals surface area contributed by atoms with Gasteiger partial charge in [-0.3, -0.25) is 19.2 Å². The van der Waals surface area contributed by atoms with E-state index in [-0.39, 0.29) is 6.54 Å². The van der Waals surface area contributed by atoms with Gasteiger partial charge in [0.1, 0.15) is 24.2 Å². The summed E-state index contributed by atoms with van der Waals surface area (Å²) in [6.07, 6.45) is -1.41. The number of methoxy groups -OCH3 is 1. The molecule has 2 atom stereocenters. The zero-order chi connectivity index (χ0) is 25.2. The summed E-state index contributed by atoms with van der Waals surface area (Å²) in [5, 5.41) is 4.81. The number of benzene rings is 1. The van der Waals surface area contributed by atoms with Gasteiger partial charge in [0.25, 0.3) is 0 Å². The smallest absolute Gasteiger partial charge is 0.408 e. The second-order valence-corrected chi connectivity index (χ2v) is 8.10. The first-order valence-corrected chi connectivity index (χ1v) is 10.4. The summed E-state index contributed by atoms with van der Waals surface area (Å²) in [6, 6.07) is 5.89. The highest BCUT2D eigenvalue weighted by Crippen LogP contribution is 2.22. The summed E-state index contributed by atoms with van der Waals surface area (Å²) in [5.74, 6) is -2.85. The van der Waals surface area contributed by atoms with Crippen LogP contribution in [0, 0.1) is 0 Å². The second-order valence-electron chi connectivity index (χ2n) is 8.10. The van der Waals surface area contributed by atoms with Crippen molar-refractivity contribution < 1.29 is 33.4 Å². The zero-order valence-corrected chi connectivity index (χ0v) is 19.5. The third-order valence-corrected chi connectivity index (χ3v) is 4.33. The van der Waals surface area contributed by atoms with Gasteiger partial charge in [0.15, 0.2) is 0 Å². The number of esters is 1. The molecule has 0 fully saturated rings. The van der Waals surface area contributed by atoms with Crippen molar-refractivity contribution in [2.75, 3.05) is 20.2 Å². The number of alkyl carbamates (subject to hydrolysis) is 1. The van der Waals surface area contributed by atoms with Crippen LogP contribution in [-0.4, -0.2) is 66.5 Å². The van der Waals surface area contributed by atoms with Gasteiger partial charge in [-0.25, -0.2) is 4.79 Å². The Morgan fingerprint density at radius 3 is 2.18 bits per heavy atom. The minimum absolute atomic E-state index is 0.0509. The van der Waals surface area contributed by atoms with Gasteiger partial charge in [0.05, 0.1) is 13.5 Å². The summed E-state index contributed by atoms with van der Waals surface area (Å²) in [4.78, 5) is 62.9. The Morgan fingerprint density at radius 1 is 1.09 bits per heavy atom. The van der Waals surface area contributed by atoms with Gasteiger partial charge >= 0.3 is 12.1 Å². The fourth-order valence-corrected chi connectivity index (χ4v) is 2.95. The van der Waals surface area contributed by atoms with Crippen molar-refractivity contribution in [3.63, 3.8) is 0 Å². The number of hydrogen-bond acceptors (Lipinski definition) is 7. The number of primary amides is 1. The maximum absolute atomic E-state index is 13.4. The Kier molecular flexibility index (Phi) is 10.3. The van der Waals surface area contributed by atoms with Crippen LogP contribution in [-0.2, 0) is 28.7 Å². The van der Waals surface area contributed by atoms with Crippen LogP contribution >= 0.6 is 0 Å². The average molecular weight is 465 g/mol. The lowest BCUT2D eigenvalue weighted by atomic mass is 10.0. The molecule has 11 heteroatoms. The largest absolute Gasteiger partial charge is 0.468 e. The van der Waals surface area contributed by atoms with Gasteiger partial charge in [0.2, 0.25) is 17.7 Å². The molecule has 0 heterocycles. The summed E-state index contributed by atoms with van der Waals surface area (Å²) < 4.78 is 9.72. The van der Waals surface area contributed by atoms with Gasteiger partial charge in [0, 0.05) is 6.54 Å². The van der Waals surface area contributed by atoms with Crippen molar-refractivity contribution >= 4 is 29.8 Å². The highest BCUT2D eigenvalue weighted by atomic mass is 16.6. The molecule has 0 saturated heterocycles. The molecule has 0 aliphatic carbocycles. The molecule has 0 radical (unpaired) electrons. The van der Waals surface area contributed by atoms with E-state index in [1.165, 1.54) is 12.0 Å². The zero-order valence-electron chi connectivity index (χ0n) is 19.5. The minimum atomic E-state index is -1.36. The quantitative estimate of drug-likeness (QED) is 0.429. The molecular formula is C22H32N4O7. The molecule has 11 nitrogen and oxygen atoms in total. The normalized spacial score (nSPS) is 12.6. The number of ether oxygens (including phenoxy) is 2. The van der Waals surface area contributed by atoms with Gasteiger partial charge in [-0.05, 0) is 33.3 Å². The molecule has 0 aliphatic heterocycles. The molecule has 0 saturated carbocycles. The lowest BCUT2D eigenvalue weighted by Gasteiger charge is -2.33. The molecule has 4 amide bonds. The standard InChI is InChI=1S/C22H32N4O7/c1-6-26(20(30)15(12-16(23)27)25-21(31)33-22(2,3)4)18(14-10-8-7-9-11-14)19(29)24-13-17(28)32-5/h7-11,15,18H,6,12-13H2,1-5H3,(H2,23,27)(H,24,29)(H,25,31). The van der Waals surface area contributed by atoms with Gasteiger partial charge in [-0.2, -0.15) is 0 Å². The fraction of sp³-hybridized carbons (Fsp3) is 0.500. The van der Waals surface area contributed by atoms with Crippen molar-refractivity contribution in [1.29, 1.82) is 0 Å². The van der Waals surface area contributed by atoms with Crippen LogP contribution in [0.4, 0.5) is 4.79 Å². The number of nitrogens with zero attached hydrogens (tertiary/aromatic N) is 1. The van der Waals surface area contributed by atoms with E-state index >= 15 is 0 Å². The minimum Gasteiger partial charge on any atom is -0.468 e. The first-order chi connectivity index (χ1) is 15.4. The second kappa shape index (κ2) is 12.4. The molecule has 2 unspecified atom stereocenters. The topological polar surface area (TPSA) is 157 Å². The van der Waals surface area contributed by atoms with Gasteiger partial charge in [-0.1, -0.05) is 30.3 Å². The van der Waals surface area contributed by atoms with Crippen LogP contribution in [0.15, 0.2) is 30.3 Å². The monoisotopic (exact) mass is 464 g/mol. The summed E-state index contributed by atoms with van der Waals surface area (Å²) in [5.41, 5.74) is 4.91. The first-order valence-electron chi connectivity index (χ1n) is 10.4. The van der Waals surface area contributed by atoms with Crippen molar-refractivity contribution in [2.45, 2.75) is 51.8 Å². The Labute approximate surface area is 193 Å². The van der Waals surface area contributed by atoms with Crippen molar-refractivity contribution in [1.82, 2.24) is 15.5 Å². The van der Waals surface area contributed by atoms with Crippen molar-refractivity contribution in [3.8, 4) is 0 Å². The number of rotatable bonds is 10. The fourth-order valence-electron chi connectivity index (χ4n) is 2.95. The Balaban J connectivity index is 3.27. The SMILES string of the molecule is CCN(C(=O)C(CC(N)=O)NC(=O)OC(C)(C)C)C(C(=O)NCC(=O)OC)c1ccccc1. The van der Waals surface area contributed by atoms with Crippen LogP contribution in [0.5, 0.6) is 0 Å². The predicted octanol–water partition coefficient (Wildman–Crippen LogP) is 0.634. The van der Waals surface area contributed by atoms with Crippen molar-refractivity contribution in [3.05, 3.63) is 35.9 Å². The highest BCUT2D eigenvalue weighted by Gasteiger charge is 2.36. The van der Waals surface area contributed by atoms with Crippen LogP contribution < -0.4 is 16.4 Å². The molecule has 0 aromatic heterocycles. The molecule has 1 rings (SSSR count). The van der Waals surface area contributed by atoms with Crippen LogP contribution in [0.2, 0.25) is 0 Å². The molecule has 1 aromatic carbocycles. The molecule has 1 aromatic rings. The predicted molar refractivity (Wildman–Crippen MR) is 119 cm³/mol. The summed E-state index contributed by atoms with van der Waals surface area (Å²) in [7, 11) is 1.18. The molecule has 0 aliphatic rings. The molecular weight excluding hydrogens is 432 g/mol. The maximum Gasteiger partial charge on any atom is 0.408 e. The van der Waals surface area contributed by atoms with E-state index < -0.39 is 60.4 Å². The van der Waals surface area contributed by atoms with Crippen LogP contribution in [0.3, 0.4) is 0 Å². The number of carbonyl (C=O) groups excluding carboxylic acids is 5. The molecule has 0 spiro atoms. The van der Waals surface area contributed by atoms with Gasteiger partial charge < -0.3 is 30.7 Å². The van der Waals surface area contributed by atoms with Crippen LogP contribution in [0.1, 0.15) is 45.7 Å². The Morgan fingerprint density at radius 2 is 1.70 bits per heavy atom. The lowest BCUT2D eigenvalue weighted by molar-refractivity contribution is -0.145. The number of carbonyl (C=O) groups is 5. The molecule has 4 N–H and O–H groups in total. The first kappa shape index (κ1) is 27.4. The van der Waals surface area contributed by atoms with Gasteiger partial charge in [-0.15, -0.1) is 0 Å². The number of hydrogen-bond donors (Lipinski definition) is 3.